The van der Waals surface area contributed by atoms with Crippen molar-refractivity contribution in [3.63, 3.8) is 0 Å². The average molecular weight is 564 g/mol. The van der Waals surface area contributed by atoms with Crippen LogP contribution < -0.4 is 10.1 Å². The van der Waals surface area contributed by atoms with Gasteiger partial charge in [-0.15, -0.1) is 0 Å². The van der Waals surface area contributed by atoms with Crippen LogP contribution in [0.25, 0.3) is 22.0 Å². The highest BCUT2D eigenvalue weighted by atomic mass is 19.4. The van der Waals surface area contributed by atoms with Crippen LogP contribution in [-0.4, -0.2) is 46.9 Å². The highest BCUT2D eigenvalue weighted by Crippen LogP contribution is 2.40. The van der Waals surface area contributed by atoms with Gasteiger partial charge in [0.05, 0.1) is 19.6 Å². The fraction of sp³-hybridized carbons (Fsp3) is 0.250. The van der Waals surface area contributed by atoms with E-state index >= 15 is 0 Å². The molecule has 0 aliphatic rings. The minimum absolute atomic E-state index is 0.103. The van der Waals surface area contributed by atoms with Crippen LogP contribution in [0.1, 0.15) is 42.4 Å². The van der Waals surface area contributed by atoms with Crippen LogP contribution in [0.2, 0.25) is 0 Å². The molecule has 3 N–H and O–H groups in total. The molecule has 9 heteroatoms. The summed E-state index contributed by atoms with van der Waals surface area (Å²) in [6.45, 7) is 0.528. The number of allylic oxidation sites excluding steroid dienone is 2. The molecule has 4 aromatic rings. The molecule has 0 aliphatic heterocycles. The summed E-state index contributed by atoms with van der Waals surface area (Å²) in [5.74, 6) is 0.136. The Morgan fingerprint density at radius 1 is 1.00 bits per heavy atom. The van der Waals surface area contributed by atoms with Crippen molar-refractivity contribution in [2.24, 2.45) is 0 Å². The quantitative estimate of drug-likeness (QED) is 0.0961. The van der Waals surface area contributed by atoms with Crippen molar-refractivity contribution in [3.05, 3.63) is 108 Å². The van der Waals surface area contributed by atoms with E-state index in [0.717, 1.165) is 23.7 Å². The Balaban J connectivity index is 1.53. The van der Waals surface area contributed by atoms with Gasteiger partial charge >= 0.3 is 6.18 Å². The number of aromatic amines is 1. The molecule has 0 unspecified atom stereocenters. The van der Waals surface area contributed by atoms with Crippen molar-refractivity contribution in [1.29, 1.82) is 0 Å². The Morgan fingerprint density at radius 2 is 1.80 bits per heavy atom. The molecule has 0 spiro atoms. The average Bonchev–Trinajstić information content (AvgIpc) is 3.44. The van der Waals surface area contributed by atoms with Crippen LogP contribution in [0.3, 0.4) is 0 Å². The molecule has 41 heavy (non-hydrogen) atoms. The predicted octanol–water partition coefficient (Wildman–Crippen LogP) is 6.69. The zero-order valence-electron chi connectivity index (χ0n) is 22.5. The van der Waals surface area contributed by atoms with Crippen molar-refractivity contribution in [1.82, 2.24) is 15.3 Å². The van der Waals surface area contributed by atoms with Gasteiger partial charge in [0.25, 0.3) is 0 Å². The minimum atomic E-state index is -4.41. The van der Waals surface area contributed by atoms with Crippen LogP contribution in [0, 0.1) is 0 Å². The molecule has 6 nitrogen and oxygen atoms in total. The Labute approximate surface area is 236 Å². The number of nitrogens with one attached hydrogen (secondary N) is 2. The lowest BCUT2D eigenvalue weighted by molar-refractivity contribution is -0.123. The van der Waals surface area contributed by atoms with E-state index in [1.165, 1.54) is 6.08 Å². The number of hydrogen-bond acceptors (Lipinski definition) is 4. The van der Waals surface area contributed by atoms with E-state index in [0.29, 0.717) is 41.2 Å². The number of carbonyl (C=O) groups is 1. The molecule has 0 saturated carbocycles. The number of unbranched alkanes of at least 4 members (excludes halogenated alkanes) is 2. The maximum atomic E-state index is 13.9. The van der Waals surface area contributed by atoms with E-state index in [1.807, 2.05) is 24.3 Å². The van der Waals surface area contributed by atoms with E-state index in [9.17, 15) is 18.0 Å². The first-order valence-corrected chi connectivity index (χ1v) is 13.4. The number of hydrogen-bond donors (Lipinski definition) is 3. The van der Waals surface area contributed by atoms with Gasteiger partial charge in [-0.05, 0) is 77.3 Å². The number of pyridine rings is 1. The number of fused-ring (bicyclic) bond motifs is 1. The van der Waals surface area contributed by atoms with Crippen molar-refractivity contribution in [2.75, 3.05) is 19.8 Å². The Kier molecular flexibility index (Phi) is 10.3. The third kappa shape index (κ3) is 8.81. The molecular weight excluding hydrogens is 531 g/mol. The smallest absolute Gasteiger partial charge is 0.393 e. The van der Waals surface area contributed by atoms with Gasteiger partial charge in [-0.1, -0.05) is 42.5 Å². The van der Waals surface area contributed by atoms with E-state index < -0.39 is 12.6 Å². The zero-order valence-corrected chi connectivity index (χ0v) is 22.5. The maximum absolute atomic E-state index is 13.9. The number of amides is 1. The maximum Gasteiger partial charge on any atom is 0.393 e. The van der Waals surface area contributed by atoms with Crippen LogP contribution in [-0.2, 0) is 4.79 Å². The Bertz CT molecular complexity index is 1480. The van der Waals surface area contributed by atoms with Gasteiger partial charge in [0, 0.05) is 36.1 Å². The second kappa shape index (κ2) is 14.3. The first kappa shape index (κ1) is 29.6. The van der Waals surface area contributed by atoms with Gasteiger partial charge in [0.1, 0.15) is 0 Å². The lowest BCUT2D eigenvalue weighted by Crippen LogP contribution is -2.24. The van der Waals surface area contributed by atoms with Gasteiger partial charge < -0.3 is 20.1 Å². The molecule has 1 amide bonds. The molecule has 0 fully saturated rings. The van der Waals surface area contributed by atoms with E-state index in [2.05, 4.69) is 15.3 Å². The number of carbonyl (C=O) groups excluding carboxylic acids is 1. The van der Waals surface area contributed by atoms with Gasteiger partial charge in [-0.25, -0.2) is 4.98 Å². The number of aliphatic hydroxyl groups is 1. The number of alkyl halides is 3. The van der Waals surface area contributed by atoms with E-state index in [1.54, 1.807) is 60.9 Å². The largest absolute Gasteiger partial charge is 0.478 e. The van der Waals surface area contributed by atoms with E-state index in [4.69, 9.17) is 9.84 Å². The Hall–Kier alpha value is -4.37. The third-order valence-electron chi connectivity index (χ3n) is 6.36. The normalized spacial score (nSPS) is 12.5. The number of ether oxygens (including phenoxy) is 1. The summed E-state index contributed by atoms with van der Waals surface area (Å²) in [7, 11) is 0. The summed E-state index contributed by atoms with van der Waals surface area (Å²) in [5, 5.41) is 12.1. The second-order valence-electron chi connectivity index (χ2n) is 9.44. The molecule has 2 aromatic heterocycles. The molecule has 0 saturated heterocycles. The number of aliphatic hydroxyl groups excluding tert-OH is 1. The van der Waals surface area contributed by atoms with Crippen LogP contribution in [0.5, 0.6) is 5.88 Å². The molecule has 2 heterocycles. The standard InChI is InChI=1S/C32H32F3N3O3/c33-32(34,35)21-27(23-8-4-3-5-9-23)31(25-11-13-28-24(20-25)15-16-36-28)26-12-14-30(38-22-26)41-19-7-2-1-6-10-29(40)37-17-18-39/h3-6,8-16,20,22,36,39H,1-2,7,17-19,21H2,(H,37,40)/b10-6+,31-27-. The number of aromatic nitrogens is 2. The van der Waals surface area contributed by atoms with Crippen LogP contribution >= 0.6 is 0 Å². The molecule has 2 aromatic carbocycles. The summed E-state index contributed by atoms with van der Waals surface area (Å²) in [6, 6.07) is 19.5. The molecule has 214 valence electrons. The SMILES string of the molecule is O=C(/C=C/CCCCOc1ccc(/C(=C(/CC(F)(F)F)c2ccccc2)c2ccc3[nH]ccc3c2)cn1)NCCO. The van der Waals surface area contributed by atoms with Crippen molar-refractivity contribution >= 4 is 28.0 Å². The number of benzene rings is 2. The first-order valence-electron chi connectivity index (χ1n) is 13.4. The van der Waals surface area contributed by atoms with Crippen LogP contribution in [0.4, 0.5) is 13.2 Å². The highest BCUT2D eigenvalue weighted by molar-refractivity contribution is 6.00. The van der Waals surface area contributed by atoms with Crippen LogP contribution in [0.15, 0.2) is 91.3 Å². The Morgan fingerprint density at radius 3 is 2.54 bits per heavy atom. The molecule has 4 rings (SSSR count). The first-order chi connectivity index (χ1) is 19.8. The topological polar surface area (TPSA) is 87.2 Å². The van der Waals surface area contributed by atoms with Gasteiger partial charge in [0.2, 0.25) is 11.8 Å². The number of H-pyrrole nitrogens is 1. The lowest BCUT2D eigenvalue weighted by atomic mass is 9.88. The fourth-order valence-corrected chi connectivity index (χ4v) is 4.48. The van der Waals surface area contributed by atoms with E-state index in [-0.39, 0.29) is 24.6 Å². The summed E-state index contributed by atoms with van der Waals surface area (Å²) >= 11 is 0. The highest BCUT2D eigenvalue weighted by Gasteiger charge is 2.31. The summed E-state index contributed by atoms with van der Waals surface area (Å²) in [4.78, 5) is 19.0. The number of rotatable bonds is 13. The fourth-order valence-electron chi connectivity index (χ4n) is 4.48. The molecule has 0 bridgehead atoms. The molecule has 0 atom stereocenters. The van der Waals surface area contributed by atoms with Crippen molar-refractivity contribution < 1.29 is 27.8 Å². The zero-order chi connectivity index (χ0) is 29.1. The van der Waals surface area contributed by atoms with Gasteiger partial charge in [-0.2, -0.15) is 13.2 Å². The summed E-state index contributed by atoms with van der Waals surface area (Å²) < 4.78 is 47.4. The minimum Gasteiger partial charge on any atom is -0.478 e. The molecular formula is C32H32F3N3O3. The molecule has 0 aliphatic carbocycles. The lowest BCUT2D eigenvalue weighted by Gasteiger charge is -2.19. The van der Waals surface area contributed by atoms with Gasteiger partial charge in [-0.3, -0.25) is 4.79 Å². The summed E-state index contributed by atoms with van der Waals surface area (Å²) in [5.41, 5.74) is 3.24. The van der Waals surface area contributed by atoms with Gasteiger partial charge in [0.15, 0.2) is 0 Å². The summed E-state index contributed by atoms with van der Waals surface area (Å²) in [6.07, 6.45) is 3.29. The monoisotopic (exact) mass is 563 g/mol. The predicted molar refractivity (Wildman–Crippen MR) is 154 cm³/mol. The van der Waals surface area contributed by atoms with Crippen molar-refractivity contribution in [3.8, 4) is 5.88 Å². The number of halogens is 3. The number of nitrogens with zero attached hydrogens (tertiary/aromatic N) is 1. The van der Waals surface area contributed by atoms with Crippen molar-refractivity contribution in [2.45, 2.75) is 31.9 Å². The third-order valence-corrected chi connectivity index (χ3v) is 6.36. The molecule has 0 radical (unpaired) electrons. The second-order valence-corrected chi connectivity index (χ2v) is 9.44.